The summed E-state index contributed by atoms with van der Waals surface area (Å²) in [6.07, 6.45) is 0. The Morgan fingerprint density at radius 2 is 0.731 bits per heavy atom. The van der Waals surface area contributed by atoms with Crippen LogP contribution in [-0.2, 0) is 19.2 Å². The molecule has 0 saturated heterocycles. The summed E-state index contributed by atoms with van der Waals surface area (Å²) in [7, 11) is 0. The van der Waals surface area contributed by atoms with Gasteiger partial charge in [0.25, 0.3) is 0 Å². The molecule has 0 aliphatic rings. The standard InChI is InChI=1S/C10H16N2O8.C2H6O2.2Na.2H/c13-7(14)3-11(4-8(15)16)1-2-12(5-9(17)18)6-10(19)20;3-1-2-4;;;;/h1-6H2,(H,13,14)(H,15,16)(H,17,18)(H,19,20);3-4H,1-2H2;;;;. The van der Waals surface area contributed by atoms with Gasteiger partial charge in [0.2, 0.25) is 0 Å². The predicted octanol–water partition coefficient (Wildman–Crippen LogP) is -4.40. The molecule has 0 atom stereocenters. The third kappa shape index (κ3) is 26.0. The van der Waals surface area contributed by atoms with Gasteiger partial charge in [-0.25, -0.2) is 0 Å². The van der Waals surface area contributed by atoms with E-state index in [1.165, 1.54) is 0 Å². The number of aliphatic hydroxyl groups is 2. The normalized spacial score (nSPS) is 9.38. The van der Waals surface area contributed by atoms with Crippen molar-refractivity contribution in [1.82, 2.24) is 9.80 Å². The van der Waals surface area contributed by atoms with Gasteiger partial charge in [0, 0.05) is 13.1 Å². The van der Waals surface area contributed by atoms with Gasteiger partial charge in [0.1, 0.15) is 0 Å². The Morgan fingerprint density at radius 1 is 0.538 bits per heavy atom. The van der Waals surface area contributed by atoms with Crippen LogP contribution in [0.3, 0.4) is 0 Å². The van der Waals surface area contributed by atoms with Crippen LogP contribution in [0.1, 0.15) is 0 Å². The van der Waals surface area contributed by atoms with Gasteiger partial charge in [-0.15, -0.1) is 0 Å². The SMILES string of the molecule is O=C(O)CN(CCN(CC(=O)O)CC(=O)O)CC(=O)O.OCCO.[NaH].[NaH]. The monoisotopic (exact) mass is 402 g/mol. The first-order valence-corrected chi connectivity index (χ1v) is 6.65. The minimum absolute atomic E-state index is 0. The number of hydrogen-bond acceptors (Lipinski definition) is 8. The van der Waals surface area contributed by atoms with E-state index in [1.807, 2.05) is 0 Å². The molecule has 12 nitrogen and oxygen atoms in total. The van der Waals surface area contributed by atoms with E-state index >= 15 is 0 Å². The third-order valence-corrected chi connectivity index (χ3v) is 2.27. The molecule has 26 heavy (non-hydrogen) atoms. The number of nitrogens with zero attached hydrogens (tertiary/aromatic N) is 2. The first kappa shape index (κ1) is 33.3. The summed E-state index contributed by atoms with van der Waals surface area (Å²) in [6, 6.07) is 0. The first-order chi connectivity index (χ1) is 11.1. The van der Waals surface area contributed by atoms with Crippen molar-refractivity contribution in [2.45, 2.75) is 0 Å². The van der Waals surface area contributed by atoms with Crippen LogP contribution in [0.25, 0.3) is 0 Å². The molecule has 0 saturated carbocycles. The van der Waals surface area contributed by atoms with Crippen LogP contribution < -0.4 is 0 Å². The van der Waals surface area contributed by atoms with E-state index in [0.717, 1.165) is 9.80 Å². The van der Waals surface area contributed by atoms with Crippen LogP contribution in [0.5, 0.6) is 0 Å². The number of aliphatic carboxylic acids is 4. The number of hydrogen-bond donors (Lipinski definition) is 6. The molecule has 0 fully saturated rings. The van der Waals surface area contributed by atoms with E-state index < -0.39 is 50.1 Å². The Balaban J connectivity index is -0.000000363. The fourth-order valence-corrected chi connectivity index (χ4v) is 1.48. The molecule has 0 spiro atoms. The molecule has 0 rings (SSSR count). The molecule has 0 aliphatic carbocycles. The fraction of sp³-hybridized carbons (Fsp3) is 0.667. The van der Waals surface area contributed by atoms with Crippen LogP contribution in [0.2, 0.25) is 0 Å². The van der Waals surface area contributed by atoms with Crippen molar-refractivity contribution in [2.75, 3.05) is 52.5 Å². The zero-order valence-electron chi connectivity index (χ0n) is 12.9. The van der Waals surface area contributed by atoms with Crippen molar-refractivity contribution in [3.8, 4) is 0 Å². The number of rotatable bonds is 12. The predicted molar refractivity (Wildman–Crippen MR) is 91.9 cm³/mol. The summed E-state index contributed by atoms with van der Waals surface area (Å²) in [5.74, 6) is -4.91. The van der Waals surface area contributed by atoms with Gasteiger partial charge in [-0.2, -0.15) is 0 Å². The van der Waals surface area contributed by atoms with Crippen molar-refractivity contribution in [3.05, 3.63) is 0 Å². The van der Waals surface area contributed by atoms with Crippen LogP contribution in [0.15, 0.2) is 0 Å². The van der Waals surface area contributed by atoms with Gasteiger partial charge in [0.15, 0.2) is 0 Å². The summed E-state index contributed by atoms with van der Waals surface area (Å²) in [5, 5.41) is 49.7. The van der Waals surface area contributed by atoms with Gasteiger partial charge >= 0.3 is 83.0 Å². The molecule has 14 heteroatoms. The molecular weight excluding hydrogens is 378 g/mol. The average Bonchev–Trinajstić information content (AvgIpc) is 2.42. The Kier molecular flexibility index (Phi) is 26.9. The molecule has 0 amide bonds. The van der Waals surface area contributed by atoms with E-state index in [0.29, 0.717) is 0 Å². The molecule has 0 heterocycles. The number of aliphatic hydroxyl groups excluding tert-OH is 2. The molecule has 0 aromatic heterocycles. The van der Waals surface area contributed by atoms with E-state index in [2.05, 4.69) is 0 Å². The average molecular weight is 402 g/mol. The molecule has 0 unspecified atom stereocenters. The Labute approximate surface area is 194 Å². The summed E-state index contributed by atoms with van der Waals surface area (Å²) < 4.78 is 0. The first-order valence-electron chi connectivity index (χ1n) is 6.65. The minimum atomic E-state index is -1.23. The Bertz CT molecular complexity index is 355. The van der Waals surface area contributed by atoms with Crippen molar-refractivity contribution >= 4 is 83.0 Å². The van der Waals surface area contributed by atoms with Crippen molar-refractivity contribution in [1.29, 1.82) is 0 Å². The summed E-state index contributed by atoms with van der Waals surface area (Å²) in [4.78, 5) is 44.4. The topological polar surface area (TPSA) is 196 Å². The van der Waals surface area contributed by atoms with E-state index in [9.17, 15) is 19.2 Å². The van der Waals surface area contributed by atoms with Crippen LogP contribution in [0.4, 0.5) is 0 Å². The second-order valence-electron chi connectivity index (χ2n) is 4.44. The molecule has 0 aromatic carbocycles. The van der Waals surface area contributed by atoms with Gasteiger partial charge < -0.3 is 30.6 Å². The van der Waals surface area contributed by atoms with Crippen LogP contribution >= 0.6 is 0 Å². The second-order valence-corrected chi connectivity index (χ2v) is 4.44. The number of carboxylic acid groups (broad SMARTS) is 4. The van der Waals surface area contributed by atoms with Crippen molar-refractivity contribution < 1.29 is 49.8 Å². The van der Waals surface area contributed by atoms with Gasteiger partial charge in [0.05, 0.1) is 39.4 Å². The van der Waals surface area contributed by atoms with E-state index in [4.69, 9.17) is 30.6 Å². The molecular formula is C12H24N2Na2O10. The molecule has 0 aliphatic heterocycles. The van der Waals surface area contributed by atoms with E-state index in [-0.39, 0.29) is 85.4 Å². The van der Waals surface area contributed by atoms with Crippen molar-refractivity contribution in [2.24, 2.45) is 0 Å². The maximum atomic E-state index is 10.6. The molecule has 144 valence electrons. The Hall–Kier alpha value is -0.280. The van der Waals surface area contributed by atoms with Gasteiger partial charge in [-0.3, -0.25) is 29.0 Å². The third-order valence-electron chi connectivity index (χ3n) is 2.27. The molecule has 0 radical (unpaired) electrons. The van der Waals surface area contributed by atoms with Crippen LogP contribution in [0, 0.1) is 0 Å². The molecule has 6 N–H and O–H groups in total. The maximum absolute atomic E-state index is 10.6. The summed E-state index contributed by atoms with van der Waals surface area (Å²) in [6.45, 7) is -2.50. The quantitative estimate of drug-likeness (QED) is 0.172. The molecule has 0 aromatic rings. The summed E-state index contributed by atoms with van der Waals surface area (Å²) in [5.41, 5.74) is 0. The second kappa shape index (κ2) is 21.0. The Morgan fingerprint density at radius 3 is 0.846 bits per heavy atom. The van der Waals surface area contributed by atoms with E-state index in [1.54, 1.807) is 0 Å². The van der Waals surface area contributed by atoms with Gasteiger partial charge in [-0.05, 0) is 0 Å². The van der Waals surface area contributed by atoms with Gasteiger partial charge in [-0.1, -0.05) is 0 Å². The zero-order chi connectivity index (χ0) is 19.1. The van der Waals surface area contributed by atoms with Crippen LogP contribution in [-0.4, -0.2) is 176 Å². The zero-order valence-corrected chi connectivity index (χ0v) is 12.9. The van der Waals surface area contributed by atoms with Crippen molar-refractivity contribution in [3.63, 3.8) is 0 Å². The number of carbonyl (C=O) groups is 4. The number of carboxylic acids is 4. The molecule has 0 bridgehead atoms. The fourth-order valence-electron chi connectivity index (χ4n) is 1.48. The summed E-state index contributed by atoms with van der Waals surface area (Å²) >= 11 is 0.